The predicted octanol–water partition coefficient (Wildman–Crippen LogP) is 2.75. The van der Waals surface area contributed by atoms with Crippen molar-refractivity contribution in [3.63, 3.8) is 0 Å². The van der Waals surface area contributed by atoms with Crippen LogP contribution in [0.25, 0.3) is 0 Å². The topological polar surface area (TPSA) is 82.2 Å². The second kappa shape index (κ2) is 5.46. The number of aromatic amines is 1. The predicted molar refractivity (Wildman–Crippen MR) is 75.8 cm³/mol. The monoisotopic (exact) mass is 342 g/mol. The molecule has 0 atom stereocenters. The molecule has 0 aliphatic rings. The number of anilines is 1. The molecule has 1 aromatic heterocycles. The molecule has 0 bridgehead atoms. The molecule has 0 aliphatic carbocycles. The van der Waals surface area contributed by atoms with Gasteiger partial charge in [0.2, 0.25) is 0 Å². The standard InChI is InChI=1S/C12H8BrClN2O3/c13-8-2-1-7(14)5-9(8)15-12(19)6-3-10(17)16-11(18)4-6/h1-5H,(H,15,19)(H2,16,17,18). The normalized spacial score (nSPS) is 10.2. The van der Waals surface area contributed by atoms with Gasteiger partial charge in [0.05, 0.1) is 11.3 Å². The minimum absolute atomic E-state index is 0.0492. The number of hydrogen-bond donors (Lipinski definition) is 3. The molecule has 2 aromatic rings. The van der Waals surface area contributed by atoms with Crippen molar-refractivity contribution in [2.75, 3.05) is 5.32 Å². The average Bonchev–Trinajstić information content (AvgIpc) is 2.32. The summed E-state index contributed by atoms with van der Waals surface area (Å²) in [4.78, 5) is 25.2. The van der Waals surface area contributed by atoms with E-state index in [4.69, 9.17) is 11.6 Å². The number of pyridine rings is 1. The minimum atomic E-state index is -0.560. The van der Waals surface area contributed by atoms with E-state index in [0.29, 0.717) is 15.2 Å². The number of carbonyl (C=O) groups excluding carboxylic acids is 1. The fourth-order valence-corrected chi connectivity index (χ4v) is 1.97. The molecule has 0 saturated heterocycles. The molecule has 0 unspecified atom stereocenters. The van der Waals surface area contributed by atoms with Crippen molar-refractivity contribution >= 4 is 39.1 Å². The summed E-state index contributed by atoms with van der Waals surface area (Å²) in [6.45, 7) is 0. The third-order valence-corrected chi connectivity index (χ3v) is 3.20. The van der Waals surface area contributed by atoms with Gasteiger partial charge in [-0.25, -0.2) is 0 Å². The largest absolute Gasteiger partial charge is 0.494 e. The number of nitrogens with one attached hydrogen (secondary N) is 2. The molecule has 7 heteroatoms. The summed E-state index contributed by atoms with van der Waals surface area (Å²) in [5.41, 5.74) is -0.0410. The smallest absolute Gasteiger partial charge is 0.256 e. The minimum Gasteiger partial charge on any atom is -0.494 e. The van der Waals surface area contributed by atoms with Gasteiger partial charge in [-0.05, 0) is 34.1 Å². The summed E-state index contributed by atoms with van der Waals surface area (Å²) in [6, 6.07) is 7.17. The number of halogens is 2. The van der Waals surface area contributed by atoms with Crippen LogP contribution in [0.5, 0.6) is 5.88 Å². The molecule has 1 aromatic carbocycles. The summed E-state index contributed by atoms with van der Waals surface area (Å²) >= 11 is 9.10. The highest BCUT2D eigenvalue weighted by atomic mass is 79.9. The van der Waals surface area contributed by atoms with Crippen LogP contribution in [0.3, 0.4) is 0 Å². The van der Waals surface area contributed by atoms with Crippen LogP contribution < -0.4 is 10.9 Å². The SMILES string of the molecule is O=C(Nc1cc(Cl)ccc1Br)c1cc(O)[nH]c(=O)c1. The summed E-state index contributed by atoms with van der Waals surface area (Å²) < 4.78 is 0.652. The molecule has 1 amide bonds. The highest BCUT2D eigenvalue weighted by Gasteiger charge is 2.10. The van der Waals surface area contributed by atoms with E-state index in [1.165, 1.54) is 0 Å². The van der Waals surface area contributed by atoms with Crippen LogP contribution in [0.1, 0.15) is 10.4 Å². The number of carbonyl (C=O) groups is 1. The van der Waals surface area contributed by atoms with Crippen molar-refractivity contribution in [3.05, 3.63) is 55.7 Å². The Balaban J connectivity index is 2.30. The number of amides is 1. The lowest BCUT2D eigenvalue weighted by Crippen LogP contribution is -2.16. The Labute approximate surface area is 121 Å². The molecular weight excluding hydrogens is 336 g/mol. The number of hydrogen-bond acceptors (Lipinski definition) is 3. The van der Waals surface area contributed by atoms with Crippen LogP contribution in [0.2, 0.25) is 5.02 Å². The molecule has 5 nitrogen and oxygen atoms in total. The van der Waals surface area contributed by atoms with Crippen LogP contribution in [-0.2, 0) is 0 Å². The van der Waals surface area contributed by atoms with Gasteiger partial charge in [-0.1, -0.05) is 11.6 Å². The third-order valence-electron chi connectivity index (χ3n) is 2.27. The molecule has 3 N–H and O–H groups in total. The van der Waals surface area contributed by atoms with Crippen LogP contribution in [-0.4, -0.2) is 16.0 Å². The Kier molecular flexibility index (Phi) is 3.92. The first-order valence-electron chi connectivity index (χ1n) is 5.15. The van der Waals surface area contributed by atoms with E-state index in [9.17, 15) is 14.7 Å². The molecular formula is C12H8BrClN2O3. The first-order chi connectivity index (χ1) is 8.95. The average molecular weight is 344 g/mol. The molecule has 0 saturated carbocycles. The number of H-pyrrole nitrogens is 1. The van der Waals surface area contributed by atoms with Gasteiger partial charge in [-0.15, -0.1) is 0 Å². The maximum atomic E-state index is 11.9. The maximum Gasteiger partial charge on any atom is 0.256 e. The third kappa shape index (κ3) is 3.36. The zero-order valence-corrected chi connectivity index (χ0v) is 11.7. The quantitative estimate of drug-likeness (QED) is 0.784. The van der Waals surface area contributed by atoms with Crippen molar-refractivity contribution < 1.29 is 9.90 Å². The Bertz CT molecular complexity index is 700. The fourth-order valence-electron chi connectivity index (χ4n) is 1.45. The van der Waals surface area contributed by atoms with Gasteiger partial charge in [0.1, 0.15) is 0 Å². The number of aromatic hydroxyl groups is 1. The van der Waals surface area contributed by atoms with Gasteiger partial charge in [-0.3, -0.25) is 14.6 Å². The van der Waals surface area contributed by atoms with Crippen LogP contribution in [0.4, 0.5) is 5.69 Å². The van der Waals surface area contributed by atoms with E-state index < -0.39 is 11.5 Å². The van der Waals surface area contributed by atoms with E-state index in [1.54, 1.807) is 18.2 Å². The van der Waals surface area contributed by atoms with Crippen molar-refractivity contribution in [1.29, 1.82) is 0 Å². The Hall–Kier alpha value is -1.79. The lowest BCUT2D eigenvalue weighted by Gasteiger charge is -2.07. The van der Waals surface area contributed by atoms with E-state index in [1.807, 2.05) is 0 Å². The number of rotatable bonds is 2. The summed E-state index contributed by atoms with van der Waals surface area (Å²) in [6.07, 6.45) is 0. The first-order valence-corrected chi connectivity index (χ1v) is 6.32. The molecule has 1 heterocycles. The number of benzene rings is 1. The molecule has 0 aliphatic heterocycles. The van der Waals surface area contributed by atoms with Crippen LogP contribution in [0, 0.1) is 0 Å². The first kappa shape index (κ1) is 13.6. The lowest BCUT2D eigenvalue weighted by molar-refractivity contribution is 0.102. The second-order valence-electron chi connectivity index (χ2n) is 3.70. The van der Waals surface area contributed by atoms with E-state index in [0.717, 1.165) is 12.1 Å². The number of aromatic nitrogens is 1. The van der Waals surface area contributed by atoms with Gasteiger partial charge >= 0.3 is 0 Å². The van der Waals surface area contributed by atoms with Crippen molar-refractivity contribution in [1.82, 2.24) is 4.98 Å². The Morgan fingerprint density at radius 3 is 2.74 bits per heavy atom. The Morgan fingerprint density at radius 1 is 1.32 bits per heavy atom. The highest BCUT2D eigenvalue weighted by molar-refractivity contribution is 9.10. The van der Waals surface area contributed by atoms with Gasteiger partial charge in [0.25, 0.3) is 11.5 Å². The van der Waals surface area contributed by atoms with Crippen LogP contribution >= 0.6 is 27.5 Å². The van der Waals surface area contributed by atoms with E-state index in [-0.39, 0.29) is 11.4 Å². The molecule has 0 spiro atoms. The zero-order chi connectivity index (χ0) is 14.0. The lowest BCUT2D eigenvalue weighted by atomic mass is 10.2. The summed E-state index contributed by atoms with van der Waals surface area (Å²) in [7, 11) is 0. The second-order valence-corrected chi connectivity index (χ2v) is 4.99. The molecule has 2 rings (SSSR count). The summed E-state index contributed by atoms with van der Waals surface area (Å²) in [5.74, 6) is -0.896. The van der Waals surface area contributed by atoms with Gasteiger partial charge < -0.3 is 10.4 Å². The van der Waals surface area contributed by atoms with Crippen molar-refractivity contribution in [2.24, 2.45) is 0 Å². The molecule has 0 radical (unpaired) electrons. The van der Waals surface area contributed by atoms with E-state index >= 15 is 0 Å². The van der Waals surface area contributed by atoms with Crippen LogP contribution in [0.15, 0.2) is 39.6 Å². The zero-order valence-electron chi connectivity index (χ0n) is 9.41. The fraction of sp³-hybridized carbons (Fsp3) is 0. The van der Waals surface area contributed by atoms with Gasteiger partial charge in [0.15, 0.2) is 5.88 Å². The highest BCUT2D eigenvalue weighted by Crippen LogP contribution is 2.26. The van der Waals surface area contributed by atoms with Crippen molar-refractivity contribution in [2.45, 2.75) is 0 Å². The summed E-state index contributed by atoms with van der Waals surface area (Å²) in [5, 5.41) is 12.3. The van der Waals surface area contributed by atoms with Crippen molar-refractivity contribution in [3.8, 4) is 5.88 Å². The van der Waals surface area contributed by atoms with E-state index in [2.05, 4.69) is 26.2 Å². The maximum absolute atomic E-state index is 11.9. The van der Waals surface area contributed by atoms with Gasteiger partial charge in [-0.2, -0.15) is 0 Å². The Morgan fingerprint density at radius 2 is 2.05 bits per heavy atom. The molecule has 0 fully saturated rings. The molecule has 98 valence electrons. The molecule has 19 heavy (non-hydrogen) atoms. The van der Waals surface area contributed by atoms with Gasteiger partial charge in [0, 0.05) is 21.6 Å².